The minimum atomic E-state index is -0.278. The van der Waals surface area contributed by atoms with Crippen molar-refractivity contribution in [2.24, 2.45) is 0 Å². The molecule has 5 aromatic rings. The van der Waals surface area contributed by atoms with E-state index < -0.39 is 0 Å². The van der Waals surface area contributed by atoms with Crippen LogP contribution < -0.4 is 10.1 Å². The second-order valence-corrected chi connectivity index (χ2v) is 7.66. The lowest BCUT2D eigenvalue weighted by atomic mass is 10.0. The van der Waals surface area contributed by atoms with Crippen LogP contribution in [0.1, 0.15) is 10.4 Å². The fraction of sp³-hybridized carbons (Fsp3) is 0.0417. The Hall–Kier alpha value is -3.71. The van der Waals surface area contributed by atoms with E-state index in [1.54, 1.807) is 19.4 Å². The molecule has 5 rings (SSSR count). The highest BCUT2D eigenvalue weighted by molar-refractivity contribution is 9.10. The highest BCUT2D eigenvalue weighted by Gasteiger charge is 2.19. The summed E-state index contributed by atoms with van der Waals surface area (Å²) in [6.45, 7) is 0. The maximum atomic E-state index is 13.1. The van der Waals surface area contributed by atoms with E-state index in [-0.39, 0.29) is 5.91 Å². The molecule has 0 saturated heterocycles. The number of fused-ring (bicyclic) bond motifs is 2. The zero-order valence-electron chi connectivity index (χ0n) is 16.4. The Morgan fingerprint density at radius 3 is 2.77 bits per heavy atom. The summed E-state index contributed by atoms with van der Waals surface area (Å²) in [6, 6.07) is 20.6. The maximum absolute atomic E-state index is 13.1. The van der Waals surface area contributed by atoms with Crippen molar-refractivity contribution in [3.05, 3.63) is 83.0 Å². The molecule has 3 aromatic carbocycles. The minimum absolute atomic E-state index is 0.278. The van der Waals surface area contributed by atoms with Crippen molar-refractivity contribution < 1.29 is 13.9 Å². The molecule has 2 heterocycles. The first-order valence-electron chi connectivity index (χ1n) is 9.52. The number of halogens is 1. The van der Waals surface area contributed by atoms with E-state index in [4.69, 9.17) is 9.15 Å². The molecule has 0 aliphatic carbocycles. The molecule has 7 heteroatoms. The number of aromatic nitrogens is 2. The van der Waals surface area contributed by atoms with Gasteiger partial charge in [-0.15, -0.1) is 0 Å². The Bertz CT molecular complexity index is 1410. The highest BCUT2D eigenvalue weighted by atomic mass is 79.9. The smallest absolute Gasteiger partial charge is 0.259 e. The predicted octanol–water partition coefficient (Wildman–Crippen LogP) is 6.07. The summed E-state index contributed by atoms with van der Waals surface area (Å²) in [5.41, 5.74) is 2.94. The van der Waals surface area contributed by atoms with Gasteiger partial charge < -0.3 is 14.5 Å². The molecule has 152 valence electrons. The Kier molecular flexibility index (Phi) is 4.88. The number of pyridine rings is 1. The van der Waals surface area contributed by atoms with E-state index in [2.05, 4.69) is 31.2 Å². The van der Waals surface area contributed by atoms with Gasteiger partial charge in [-0.25, -0.2) is 4.98 Å². The second kappa shape index (κ2) is 7.85. The Morgan fingerprint density at radius 1 is 1.06 bits per heavy atom. The average Bonchev–Trinajstić information content (AvgIpc) is 3.24. The van der Waals surface area contributed by atoms with Gasteiger partial charge in [-0.05, 0) is 63.1 Å². The van der Waals surface area contributed by atoms with Crippen molar-refractivity contribution >= 4 is 49.5 Å². The number of methoxy groups -OCH3 is 1. The van der Waals surface area contributed by atoms with Crippen LogP contribution in [0.15, 0.2) is 81.8 Å². The topological polar surface area (TPSA) is 77.2 Å². The summed E-state index contributed by atoms with van der Waals surface area (Å²) in [5, 5.41) is 4.86. The quantitative estimate of drug-likeness (QED) is 0.342. The number of oxazole rings is 1. The molecule has 1 N–H and O–H groups in total. The van der Waals surface area contributed by atoms with Crippen LogP contribution in [-0.2, 0) is 0 Å². The summed E-state index contributed by atoms with van der Waals surface area (Å²) < 4.78 is 12.1. The van der Waals surface area contributed by atoms with Gasteiger partial charge in [-0.2, -0.15) is 4.98 Å². The number of amides is 1. The number of carbonyl (C=O) groups excluding carboxylic acids is 1. The number of carbonyl (C=O) groups is 1. The summed E-state index contributed by atoms with van der Waals surface area (Å²) in [6.07, 6.45) is 1.67. The van der Waals surface area contributed by atoms with Crippen LogP contribution in [0, 0.1) is 0 Å². The molecule has 1 amide bonds. The lowest BCUT2D eigenvalue weighted by molar-refractivity contribution is 0.102. The van der Waals surface area contributed by atoms with Crippen molar-refractivity contribution in [2.75, 3.05) is 12.4 Å². The molecule has 0 aliphatic rings. The molecule has 0 atom stereocenters. The van der Waals surface area contributed by atoms with Crippen LogP contribution in [0.25, 0.3) is 33.5 Å². The van der Waals surface area contributed by atoms with Crippen molar-refractivity contribution in [2.45, 2.75) is 0 Å². The van der Waals surface area contributed by atoms with Gasteiger partial charge in [0, 0.05) is 17.4 Å². The molecule has 0 spiro atoms. The number of ether oxygens (including phenoxy) is 1. The van der Waals surface area contributed by atoms with E-state index in [0.717, 1.165) is 20.8 Å². The molecule has 0 fully saturated rings. The second-order valence-electron chi connectivity index (χ2n) is 6.87. The fourth-order valence-electron chi connectivity index (χ4n) is 3.47. The van der Waals surface area contributed by atoms with Gasteiger partial charge in [-0.3, -0.25) is 4.79 Å². The standard InChI is InChI=1S/C24H16BrN3O3/c1-30-21-18(13-14-6-2-3-9-17(14)20(21)25)23(29)27-16-8-4-7-15(12-16)24-28-22-19(31-24)10-5-11-26-22/h2-13H,1H3,(H,27,29). The molecule has 2 aromatic heterocycles. The first-order chi connectivity index (χ1) is 15.1. The number of rotatable bonds is 4. The summed E-state index contributed by atoms with van der Waals surface area (Å²) >= 11 is 3.57. The first kappa shape index (κ1) is 19.3. The third-order valence-electron chi connectivity index (χ3n) is 4.92. The monoisotopic (exact) mass is 473 g/mol. The lowest BCUT2D eigenvalue weighted by Crippen LogP contribution is -2.13. The maximum Gasteiger partial charge on any atom is 0.259 e. The molecule has 0 saturated carbocycles. The van der Waals surface area contributed by atoms with Gasteiger partial charge in [0.15, 0.2) is 11.2 Å². The average molecular weight is 474 g/mol. The Balaban J connectivity index is 1.49. The SMILES string of the molecule is COc1c(C(=O)Nc2cccc(-c3nc4ncccc4o3)c2)cc2ccccc2c1Br. The number of nitrogens with zero attached hydrogens (tertiary/aromatic N) is 2. The number of nitrogens with one attached hydrogen (secondary N) is 1. The van der Waals surface area contributed by atoms with E-state index in [9.17, 15) is 4.79 Å². The molecule has 6 nitrogen and oxygen atoms in total. The van der Waals surface area contributed by atoms with E-state index in [1.807, 2.05) is 60.7 Å². The number of benzene rings is 3. The Morgan fingerprint density at radius 2 is 1.94 bits per heavy atom. The van der Waals surface area contributed by atoms with Crippen LogP contribution in [0.4, 0.5) is 5.69 Å². The first-order valence-corrected chi connectivity index (χ1v) is 10.3. The van der Waals surface area contributed by atoms with E-state index >= 15 is 0 Å². The molecule has 31 heavy (non-hydrogen) atoms. The third kappa shape index (κ3) is 3.53. The normalized spacial score (nSPS) is 11.0. The van der Waals surface area contributed by atoms with Gasteiger partial charge in [0.05, 0.1) is 17.1 Å². The molecular formula is C24H16BrN3O3. The van der Waals surface area contributed by atoms with Gasteiger partial charge in [0.25, 0.3) is 5.91 Å². The largest absolute Gasteiger partial charge is 0.495 e. The lowest BCUT2D eigenvalue weighted by Gasteiger charge is -2.14. The van der Waals surface area contributed by atoms with Crippen LogP contribution in [0.5, 0.6) is 5.75 Å². The van der Waals surface area contributed by atoms with Gasteiger partial charge >= 0.3 is 0 Å². The summed E-state index contributed by atoms with van der Waals surface area (Å²) in [5.74, 6) is 0.646. The summed E-state index contributed by atoms with van der Waals surface area (Å²) in [4.78, 5) is 21.7. The Labute approximate surface area is 186 Å². The van der Waals surface area contributed by atoms with Crippen molar-refractivity contribution in [3.8, 4) is 17.2 Å². The third-order valence-corrected chi connectivity index (χ3v) is 5.71. The zero-order valence-corrected chi connectivity index (χ0v) is 18.0. The van der Waals surface area contributed by atoms with Crippen LogP contribution in [0.2, 0.25) is 0 Å². The van der Waals surface area contributed by atoms with Crippen molar-refractivity contribution in [3.63, 3.8) is 0 Å². The fourth-order valence-corrected chi connectivity index (χ4v) is 4.21. The van der Waals surface area contributed by atoms with Gasteiger partial charge in [0.1, 0.15) is 5.75 Å². The van der Waals surface area contributed by atoms with Crippen LogP contribution in [0.3, 0.4) is 0 Å². The highest BCUT2D eigenvalue weighted by Crippen LogP contribution is 2.37. The van der Waals surface area contributed by atoms with E-state index in [0.29, 0.717) is 34.1 Å². The molecular weight excluding hydrogens is 458 g/mol. The number of anilines is 1. The number of hydrogen-bond donors (Lipinski definition) is 1. The molecule has 0 aliphatic heterocycles. The zero-order chi connectivity index (χ0) is 21.4. The van der Waals surface area contributed by atoms with Crippen molar-refractivity contribution in [1.82, 2.24) is 9.97 Å². The van der Waals surface area contributed by atoms with Crippen molar-refractivity contribution in [1.29, 1.82) is 0 Å². The van der Waals surface area contributed by atoms with Crippen LogP contribution >= 0.6 is 15.9 Å². The van der Waals surface area contributed by atoms with E-state index in [1.165, 1.54) is 0 Å². The van der Waals surface area contributed by atoms with Gasteiger partial charge in [0.2, 0.25) is 5.89 Å². The number of hydrogen-bond acceptors (Lipinski definition) is 5. The van der Waals surface area contributed by atoms with Gasteiger partial charge in [-0.1, -0.05) is 30.3 Å². The molecule has 0 bridgehead atoms. The molecule has 0 radical (unpaired) electrons. The minimum Gasteiger partial charge on any atom is -0.495 e. The molecule has 0 unspecified atom stereocenters. The van der Waals surface area contributed by atoms with Crippen LogP contribution in [-0.4, -0.2) is 23.0 Å². The predicted molar refractivity (Wildman–Crippen MR) is 123 cm³/mol. The summed E-state index contributed by atoms with van der Waals surface area (Å²) in [7, 11) is 1.55.